The summed E-state index contributed by atoms with van der Waals surface area (Å²) in [7, 11) is 2.01. The fourth-order valence-electron chi connectivity index (χ4n) is 2.40. The third kappa shape index (κ3) is 4.52. The summed E-state index contributed by atoms with van der Waals surface area (Å²) in [6.07, 6.45) is 8.40. The van der Waals surface area contributed by atoms with Gasteiger partial charge in [0.2, 0.25) is 0 Å². The van der Waals surface area contributed by atoms with Gasteiger partial charge in [0.25, 0.3) is 0 Å². The summed E-state index contributed by atoms with van der Waals surface area (Å²) < 4.78 is 6.02. The molecule has 0 radical (unpaired) electrons. The highest BCUT2D eigenvalue weighted by Crippen LogP contribution is 2.29. The minimum atomic E-state index is 0.549. The van der Waals surface area contributed by atoms with Crippen LogP contribution in [0, 0.1) is 5.92 Å². The average Bonchev–Trinajstić information content (AvgIpc) is 2.29. The van der Waals surface area contributed by atoms with Crippen LogP contribution in [-0.4, -0.2) is 25.8 Å². The topological polar surface area (TPSA) is 21.3 Å². The van der Waals surface area contributed by atoms with Crippen LogP contribution in [0.4, 0.5) is 0 Å². The molecule has 0 amide bonds. The van der Waals surface area contributed by atoms with Crippen LogP contribution < -0.4 is 5.32 Å². The van der Waals surface area contributed by atoms with E-state index in [0.717, 1.165) is 18.9 Å². The first-order chi connectivity index (χ1) is 7.27. The van der Waals surface area contributed by atoms with Crippen LogP contribution >= 0.6 is 0 Å². The zero-order valence-electron chi connectivity index (χ0n) is 10.6. The summed E-state index contributed by atoms with van der Waals surface area (Å²) in [4.78, 5) is 0. The van der Waals surface area contributed by atoms with Crippen LogP contribution in [0.3, 0.4) is 0 Å². The molecular formula is C13H27NO. The normalized spacial score (nSPS) is 29.0. The summed E-state index contributed by atoms with van der Waals surface area (Å²) in [5, 5.41) is 3.25. The molecule has 1 N–H and O–H groups in total. The number of rotatable bonds is 6. The summed E-state index contributed by atoms with van der Waals surface area (Å²) in [6, 6.07) is 0.577. The molecule has 3 atom stereocenters. The molecule has 0 aromatic carbocycles. The van der Waals surface area contributed by atoms with Gasteiger partial charge in [-0.05, 0) is 39.2 Å². The lowest BCUT2D eigenvalue weighted by Gasteiger charge is -2.31. The molecular weight excluding hydrogens is 186 g/mol. The molecule has 1 saturated carbocycles. The maximum Gasteiger partial charge on any atom is 0.0603 e. The van der Waals surface area contributed by atoms with E-state index in [2.05, 4.69) is 19.2 Å². The van der Waals surface area contributed by atoms with E-state index in [9.17, 15) is 0 Å². The van der Waals surface area contributed by atoms with Crippen LogP contribution in [0.15, 0.2) is 0 Å². The molecule has 1 rings (SSSR count). The van der Waals surface area contributed by atoms with E-state index in [-0.39, 0.29) is 0 Å². The molecule has 2 nitrogen and oxygen atoms in total. The summed E-state index contributed by atoms with van der Waals surface area (Å²) in [6.45, 7) is 5.42. The Morgan fingerprint density at radius 3 is 2.73 bits per heavy atom. The van der Waals surface area contributed by atoms with Crippen molar-refractivity contribution in [1.29, 1.82) is 0 Å². The average molecular weight is 213 g/mol. The van der Waals surface area contributed by atoms with Gasteiger partial charge in [-0.3, -0.25) is 0 Å². The SMILES string of the molecule is CCC1CCCCC1OCCC(C)NC. The van der Waals surface area contributed by atoms with Gasteiger partial charge < -0.3 is 10.1 Å². The summed E-state index contributed by atoms with van der Waals surface area (Å²) >= 11 is 0. The third-order valence-corrected chi connectivity index (χ3v) is 3.74. The Hall–Kier alpha value is -0.0800. The van der Waals surface area contributed by atoms with Crippen molar-refractivity contribution < 1.29 is 4.74 Å². The molecule has 0 aromatic heterocycles. The molecule has 1 fully saturated rings. The maximum absolute atomic E-state index is 6.02. The van der Waals surface area contributed by atoms with Crippen LogP contribution in [-0.2, 0) is 4.74 Å². The summed E-state index contributed by atoms with van der Waals surface area (Å²) in [5.41, 5.74) is 0. The van der Waals surface area contributed by atoms with Gasteiger partial charge in [0.05, 0.1) is 6.10 Å². The Bertz CT molecular complexity index is 161. The molecule has 90 valence electrons. The molecule has 0 spiro atoms. The molecule has 0 heterocycles. The van der Waals surface area contributed by atoms with Crippen molar-refractivity contribution >= 4 is 0 Å². The first kappa shape index (κ1) is 13.0. The lowest BCUT2D eigenvalue weighted by molar-refractivity contribution is -0.0148. The molecule has 0 aliphatic heterocycles. The highest BCUT2D eigenvalue weighted by Gasteiger charge is 2.23. The van der Waals surface area contributed by atoms with Crippen LogP contribution in [0.1, 0.15) is 52.4 Å². The molecule has 0 saturated heterocycles. The van der Waals surface area contributed by atoms with E-state index in [4.69, 9.17) is 4.74 Å². The Morgan fingerprint density at radius 1 is 1.33 bits per heavy atom. The quantitative estimate of drug-likeness (QED) is 0.732. The molecule has 15 heavy (non-hydrogen) atoms. The lowest BCUT2D eigenvalue weighted by Crippen LogP contribution is -2.29. The Labute approximate surface area is 94.8 Å². The second-order valence-electron chi connectivity index (χ2n) is 4.84. The zero-order valence-corrected chi connectivity index (χ0v) is 10.6. The van der Waals surface area contributed by atoms with Gasteiger partial charge in [-0.2, -0.15) is 0 Å². The largest absolute Gasteiger partial charge is 0.378 e. The van der Waals surface area contributed by atoms with Gasteiger partial charge in [0.15, 0.2) is 0 Å². The van der Waals surface area contributed by atoms with Crippen molar-refractivity contribution in [3.8, 4) is 0 Å². The van der Waals surface area contributed by atoms with Gasteiger partial charge in [0, 0.05) is 12.6 Å². The van der Waals surface area contributed by atoms with Gasteiger partial charge in [-0.1, -0.05) is 26.2 Å². The van der Waals surface area contributed by atoms with Crippen molar-refractivity contribution in [1.82, 2.24) is 5.32 Å². The Balaban J connectivity index is 2.17. The number of nitrogens with one attached hydrogen (secondary N) is 1. The van der Waals surface area contributed by atoms with E-state index < -0.39 is 0 Å². The minimum absolute atomic E-state index is 0.549. The fourth-order valence-corrected chi connectivity index (χ4v) is 2.40. The van der Waals surface area contributed by atoms with E-state index in [1.165, 1.54) is 32.1 Å². The van der Waals surface area contributed by atoms with Crippen LogP contribution in [0.5, 0.6) is 0 Å². The first-order valence-electron chi connectivity index (χ1n) is 6.56. The number of hydrogen-bond donors (Lipinski definition) is 1. The van der Waals surface area contributed by atoms with E-state index >= 15 is 0 Å². The van der Waals surface area contributed by atoms with Gasteiger partial charge in [-0.15, -0.1) is 0 Å². The number of ether oxygens (including phenoxy) is 1. The summed E-state index contributed by atoms with van der Waals surface area (Å²) in [5.74, 6) is 0.823. The second-order valence-corrected chi connectivity index (χ2v) is 4.84. The monoisotopic (exact) mass is 213 g/mol. The Morgan fingerprint density at radius 2 is 2.07 bits per heavy atom. The van der Waals surface area contributed by atoms with Crippen LogP contribution in [0.25, 0.3) is 0 Å². The molecule has 2 heteroatoms. The second kappa shape index (κ2) is 7.24. The number of hydrogen-bond acceptors (Lipinski definition) is 2. The van der Waals surface area contributed by atoms with Crippen molar-refractivity contribution in [3.05, 3.63) is 0 Å². The van der Waals surface area contributed by atoms with E-state index in [1.54, 1.807) is 0 Å². The zero-order chi connectivity index (χ0) is 11.1. The first-order valence-corrected chi connectivity index (χ1v) is 6.56. The molecule has 0 bridgehead atoms. The van der Waals surface area contributed by atoms with Crippen molar-refractivity contribution in [2.24, 2.45) is 5.92 Å². The van der Waals surface area contributed by atoms with Gasteiger partial charge >= 0.3 is 0 Å². The minimum Gasteiger partial charge on any atom is -0.378 e. The van der Waals surface area contributed by atoms with E-state index in [1.807, 2.05) is 7.05 Å². The highest BCUT2D eigenvalue weighted by atomic mass is 16.5. The maximum atomic E-state index is 6.02. The van der Waals surface area contributed by atoms with Crippen molar-refractivity contribution in [2.75, 3.05) is 13.7 Å². The van der Waals surface area contributed by atoms with Gasteiger partial charge in [-0.25, -0.2) is 0 Å². The molecule has 0 aromatic rings. The van der Waals surface area contributed by atoms with Crippen molar-refractivity contribution in [3.63, 3.8) is 0 Å². The predicted molar refractivity (Wildman–Crippen MR) is 65.1 cm³/mol. The van der Waals surface area contributed by atoms with Crippen LogP contribution in [0.2, 0.25) is 0 Å². The van der Waals surface area contributed by atoms with E-state index in [0.29, 0.717) is 12.1 Å². The standard InChI is InChI=1S/C13H27NO/c1-4-12-7-5-6-8-13(12)15-10-9-11(2)14-3/h11-14H,4-10H2,1-3H3. The Kier molecular flexibility index (Phi) is 6.26. The molecule has 1 aliphatic rings. The smallest absolute Gasteiger partial charge is 0.0603 e. The predicted octanol–water partition coefficient (Wildman–Crippen LogP) is 2.97. The van der Waals surface area contributed by atoms with Crippen molar-refractivity contribution in [2.45, 2.75) is 64.5 Å². The fraction of sp³-hybridized carbons (Fsp3) is 1.00. The van der Waals surface area contributed by atoms with Gasteiger partial charge in [0.1, 0.15) is 0 Å². The molecule has 1 aliphatic carbocycles. The molecule has 3 unspecified atom stereocenters. The highest BCUT2D eigenvalue weighted by molar-refractivity contribution is 4.75. The third-order valence-electron chi connectivity index (χ3n) is 3.74. The lowest BCUT2D eigenvalue weighted by atomic mass is 9.85.